The monoisotopic (exact) mass is 222 g/mol. The summed E-state index contributed by atoms with van der Waals surface area (Å²) in [7, 11) is -0.521. The lowest BCUT2D eigenvalue weighted by Crippen LogP contribution is -2.31. The average molecular weight is 222 g/mol. The van der Waals surface area contributed by atoms with Crippen LogP contribution in [-0.2, 0) is 4.74 Å². The Balaban J connectivity index is 3.41. The zero-order chi connectivity index (χ0) is 12.3. The number of methoxy groups -OCH3 is 1. The SMILES string of the molecule is COC(=O)c1cc(B(O)O)cc(C=O)c1C. The van der Waals surface area contributed by atoms with Gasteiger partial charge < -0.3 is 14.8 Å². The molecule has 0 saturated carbocycles. The maximum Gasteiger partial charge on any atom is 0.488 e. The summed E-state index contributed by atoms with van der Waals surface area (Å²) in [6, 6.07) is 2.61. The average Bonchev–Trinajstić information content (AvgIpc) is 2.28. The second-order valence-corrected chi connectivity index (χ2v) is 3.27. The Hall–Kier alpha value is -1.66. The minimum atomic E-state index is -1.73. The van der Waals surface area contributed by atoms with Gasteiger partial charge in [0.15, 0.2) is 0 Å². The van der Waals surface area contributed by atoms with Crippen molar-refractivity contribution in [3.8, 4) is 0 Å². The highest BCUT2D eigenvalue weighted by molar-refractivity contribution is 6.58. The fraction of sp³-hybridized carbons (Fsp3) is 0.200. The van der Waals surface area contributed by atoms with Gasteiger partial charge in [0.2, 0.25) is 0 Å². The molecule has 0 fully saturated rings. The Kier molecular flexibility index (Phi) is 3.81. The van der Waals surface area contributed by atoms with Crippen molar-refractivity contribution in [3.05, 3.63) is 28.8 Å². The molecule has 16 heavy (non-hydrogen) atoms. The van der Waals surface area contributed by atoms with Crippen molar-refractivity contribution >= 4 is 24.8 Å². The van der Waals surface area contributed by atoms with Crippen LogP contribution >= 0.6 is 0 Å². The van der Waals surface area contributed by atoms with Crippen LogP contribution in [0.25, 0.3) is 0 Å². The van der Waals surface area contributed by atoms with Crippen LogP contribution in [-0.4, -0.2) is 36.5 Å². The van der Waals surface area contributed by atoms with E-state index in [0.29, 0.717) is 11.8 Å². The highest BCUT2D eigenvalue weighted by Crippen LogP contribution is 2.12. The Bertz CT molecular complexity index is 427. The molecule has 5 nitrogen and oxygen atoms in total. The molecule has 0 saturated heterocycles. The molecule has 0 bridgehead atoms. The molecule has 6 heteroatoms. The fourth-order valence-electron chi connectivity index (χ4n) is 1.35. The maximum atomic E-state index is 11.4. The summed E-state index contributed by atoms with van der Waals surface area (Å²) in [5.41, 5.74) is 0.903. The smallest absolute Gasteiger partial charge is 0.465 e. The summed E-state index contributed by atoms with van der Waals surface area (Å²) in [5, 5.41) is 18.0. The van der Waals surface area contributed by atoms with E-state index in [2.05, 4.69) is 4.74 Å². The lowest BCUT2D eigenvalue weighted by Gasteiger charge is -2.09. The van der Waals surface area contributed by atoms with E-state index in [4.69, 9.17) is 10.0 Å². The number of hydrogen-bond acceptors (Lipinski definition) is 5. The molecule has 2 N–H and O–H groups in total. The van der Waals surface area contributed by atoms with Gasteiger partial charge in [-0.25, -0.2) is 4.79 Å². The second-order valence-electron chi connectivity index (χ2n) is 3.27. The zero-order valence-corrected chi connectivity index (χ0v) is 8.93. The minimum Gasteiger partial charge on any atom is -0.465 e. The van der Waals surface area contributed by atoms with Crippen molar-refractivity contribution in [2.24, 2.45) is 0 Å². The zero-order valence-electron chi connectivity index (χ0n) is 8.93. The van der Waals surface area contributed by atoms with Gasteiger partial charge in [-0.05, 0) is 24.0 Å². The predicted molar refractivity (Wildman–Crippen MR) is 57.7 cm³/mol. The number of aldehydes is 1. The molecule has 0 atom stereocenters. The van der Waals surface area contributed by atoms with Gasteiger partial charge in [-0.3, -0.25) is 4.79 Å². The van der Waals surface area contributed by atoms with Crippen LogP contribution in [0.3, 0.4) is 0 Å². The summed E-state index contributed by atoms with van der Waals surface area (Å²) in [6.45, 7) is 1.59. The Morgan fingerprint density at radius 1 is 1.44 bits per heavy atom. The van der Waals surface area contributed by atoms with E-state index in [1.807, 2.05) is 0 Å². The van der Waals surface area contributed by atoms with Crippen LogP contribution in [0.1, 0.15) is 26.3 Å². The third-order valence-corrected chi connectivity index (χ3v) is 2.30. The van der Waals surface area contributed by atoms with Crippen molar-refractivity contribution in [2.45, 2.75) is 6.92 Å². The Labute approximate surface area is 92.8 Å². The lowest BCUT2D eigenvalue weighted by molar-refractivity contribution is 0.0600. The largest absolute Gasteiger partial charge is 0.488 e. The molecule has 0 heterocycles. The molecule has 1 aromatic carbocycles. The number of hydrogen-bond donors (Lipinski definition) is 2. The predicted octanol–water partition coefficient (Wildman–Crippen LogP) is -0.726. The lowest BCUT2D eigenvalue weighted by atomic mass is 9.77. The van der Waals surface area contributed by atoms with E-state index in [-0.39, 0.29) is 16.6 Å². The van der Waals surface area contributed by atoms with Gasteiger partial charge in [0.05, 0.1) is 12.7 Å². The molecule has 0 aliphatic carbocycles. The van der Waals surface area contributed by atoms with Crippen LogP contribution < -0.4 is 5.46 Å². The highest BCUT2D eigenvalue weighted by atomic mass is 16.5. The van der Waals surface area contributed by atoms with Crippen LogP contribution in [0.2, 0.25) is 0 Å². The van der Waals surface area contributed by atoms with Crippen LogP contribution in [0.15, 0.2) is 12.1 Å². The molecule has 0 aliphatic heterocycles. The summed E-state index contributed by atoms with van der Waals surface area (Å²) in [4.78, 5) is 22.1. The van der Waals surface area contributed by atoms with Crippen molar-refractivity contribution < 1.29 is 24.4 Å². The quantitative estimate of drug-likeness (QED) is 0.400. The van der Waals surface area contributed by atoms with E-state index < -0.39 is 13.1 Å². The first kappa shape index (κ1) is 12.4. The molecule has 0 unspecified atom stereocenters. The Morgan fingerprint density at radius 2 is 2.06 bits per heavy atom. The van der Waals surface area contributed by atoms with E-state index in [1.165, 1.54) is 19.2 Å². The van der Waals surface area contributed by atoms with Gasteiger partial charge in [0.25, 0.3) is 0 Å². The Morgan fingerprint density at radius 3 is 2.50 bits per heavy atom. The third-order valence-electron chi connectivity index (χ3n) is 2.30. The van der Waals surface area contributed by atoms with Crippen molar-refractivity contribution in [2.75, 3.05) is 7.11 Å². The first-order valence-corrected chi connectivity index (χ1v) is 4.55. The van der Waals surface area contributed by atoms with Gasteiger partial charge >= 0.3 is 13.1 Å². The molecule has 1 rings (SSSR count). The minimum absolute atomic E-state index is 0.0769. The van der Waals surface area contributed by atoms with Crippen molar-refractivity contribution in [1.82, 2.24) is 0 Å². The van der Waals surface area contributed by atoms with Crippen LogP contribution in [0.4, 0.5) is 0 Å². The molecule has 0 spiro atoms. The summed E-state index contributed by atoms with van der Waals surface area (Å²) < 4.78 is 4.53. The molecular formula is C10H11BO5. The number of ether oxygens (including phenoxy) is 1. The number of esters is 1. The van der Waals surface area contributed by atoms with E-state index in [1.54, 1.807) is 6.92 Å². The molecule has 0 aliphatic rings. The van der Waals surface area contributed by atoms with E-state index in [0.717, 1.165) is 0 Å². The third kappa shape index (κ3) is 2.29. The second kappa shape index (κ2) is 4.91. The van der Waals surface area contributed by atoms with Crippen LogP contribution in [0, 0.1) is 6.92 Å². The molecule has 84 valence electrons. The van der Waals surface area contributed by atoms with E-state index in [9.17, 15) is 9.59 Å². The van der Waals surface area contributed by atoms with Gasteiger partial charge in [-0.2, -0.15) is 0 Å². The number of carbonyl (C=O) groups excluding carboxylic acids is 2. The fourth-order valence-corrected chi connectivity index (χ4v) is 1.35. The van der Waals surface area contributed by atoms with Gasteiger partial charge in [-0.1, -0.05) is 6.07 Å². The molecular weight excluding hydrogens is 211 g/mol. The molecule has 0 amide bonds. The first-order chi connectivity index (χ1) is 7.51. The summed E-state index contributed by atoms with van der Waals surface area (Å²) >= 11 is 0. The molecule has 1 aromatic rings. The van der Waals surface area contributed by atoms with Crippen molar-refractivity contribution in [1.29, 1.82) is 0 Å². The maximum absolute atomic E-state index is 11.4. The van der Waals surface area contributed by atoms with Gasteiger partial charge in [0.1, 0.15) is 6.29 Å². The van der Waals surface area contributed by atoms with E-state index >= 15 is 0 Å². The van der Waals surface area contributed by atoms with Crippen LogP contribution in [0.5, 0.6) is 0 Å². The topological polar surface area (TPSA) is 83.8 Å². The first-order valence-electron chi connectivity index (χ1n) is 4.55. The summed E-state index contributed by atoms with van der Waals surface area (Å²) in [5.74, 6) is -0.622. The number of rotatable bonds is 3. The highest BCUT2D eigenvalue weighted by Gasteiger charge is 2.19. The molecule has 0 aromatic heterocycles. The molecule has 0 radical (unpaired) electrons. The van der Waals surface area contributed by atoms with Gasteiger partial charge in [-0.15, -0.1) is 0 Å². The summed E-state index contributed by atoms with van der Waals surface area (Å²) in [6.07, 6.45) is 0.549. The standard InChI is InChI=1S/C10H11BO5/c1-6-7(5-12)3-8(11(14)15)4-9(6)10(13)16-2/h3-5,14-15H,1-2H3. The van der Waals surface area contributed by atoms with Crippen molar-refractivity contribution in [3.63, 3.8) is 0 Å². The van der Waals surface area contributed by atoms with Gasteiger partial charge in [0, 0.05) is 5.56 Å². The normalized spacial score (nSPS) is 9.75. The number of benzene rings is 1. The number of carbonyl (C=O) groups is 2.